The summed E-state index contributed by atoms with van der Waals surface area (Å²) < 4.78 is 5.33. The quantitative estimate of drug-likeness (QED) is 0.865. The minimum absolute atomic E-state index is 0.0557. The van der Waals surface area contributed by atoms with Gasteiger partial charge in [-0.2, -0.15) is 0 Å². The number of ether oxygens (including phenoxy) is 1. The van der Waals surface area contributed by atoms with Gasteiger partial charge in [0.1, 0.15) is 11.8 Å². The average molecular weight is 277 g/mol. The number of hydrogen-bond acceptors (Lipinski definition) is 3. The first-order valence-electron chi connectivity index (χ1n) is 6.83. The van der Waals surface area contributed by atoms with E-state index in [1.165, 1.54) is 4.90 Å². The van der Waals surface area contributed by atoms with Gasteiger partial charge in [0.05, 0.1) is 6.61 Å². The van der Waals surface area contributed by atoms with Gasteiger partial charge < -0.3 is 14.7 Å². The zero-order valence-electron chi connectivity index (χ0n) is 11.7. The Hall–Kier alpha value is -2.04. The molecule has 1 saturated carbocycles. The van der Waals surface area contributed by atoms with Crippen LogP contribution in [0, 0.1) is 0 Å². The van der Waals surface area contributed by atoms with E-state index in [0.29, 0.717) is 17.9 Å². The van der Waals surface area contributed by atoms with Crippen LogP contribution < -0.4 is 4.74 Å². The van der Waals surface area contributed by atoms with Crippen molar-refractivity contribution in [3.8, 4) is 5.75 Å². The number of rotatable bonds is 6. The molecule has 5 heteroatoms. The SMILES string of the molecule is CCOc1ccc(C(=O)N(C2CC2)C(C)C(=O)O)cc1. The average Bonchev–Trinajstić information content (AvgIpc) is 3.24. The highest BCUT2D eigenvalue weighted by Gasteiger charge is 2.38. The largest absolute Gasteiger partial charge is 0.494 e. The Balaban J connectivity index is 2.16. The van der Waals surface area contributed by atoms with E-state index in [1.54, 1.807) is 31.2 Å². The summed E-state index contributed by atoms with van der Waals surface area (Å²) in [6, 6.07) is 6.07. The maximum atomic E-state index is 12.5. The number of benzene rings is 1. The Morgan fingerprint density at radius 3 is 2.40 bits per heavy atom. The summed E-state index contributed by atoms with van der Waals surface area (Å²) in [5.74, 6) is -0.505. The monoisotopic (exact) mass is 277 g/mol. The fraction of sp³-hybridized carbons (Fsp3) is 0.467. The Morgan fingerprint density at radius 1 is 1.35 bits per heavy atom. The maximum Gasteiger partial charge on any atom is 0.326 e. The maximum absolute atomic E-state index is 12.5. The molecule has 1 aliphatic rings. The third-order valence-electron chi connectivity index (χ3n) is 3.36. The van der Waals surface area contributed by atoms with E-state index >= 15 is 0 Å². The first-order valence-corrected chi connectivity index (χ1v) is 6.83. The lowest BCUT2D eigenvalue weighted by atomic mass is 10.1. The normalized spacial score (nSPS) is 15.5. The number of nitrogens with zero attached hydrogens (tertiary/aromatic N) is 1. The van der Waals surface area contributed by atoms with Gasteiger partial charge in [-0.1, -0.05) is 0 Å². The van der Waals surface area contributed by atoms with Crippen molar-refractivity contribution in [3.05, 3.63) is 29.8 Å². The smallest absolute Gasteiger partial charge is 0.326 e. The molecule has 0 bridgehead atoms. The molecule has 1 N–H and O–H groups in total. The van der Waals surface area contributed by atoms with E-state index in [4.69, 9.17) is 9.84 Å². The number of hydrogen-bond donors (Lipinski definition) is 1. The number of aliphatic carboxylic acids is 1. The third kappa shape index (κ3) is 3.10. The van der Waals surface area contributed by atoms with Crippen molar-refractivity contribution in [2.75, 3.05) is 6.61 Å². The molecule has 1 amide bonds. The Bertz CT molecular complexity index is 493. The molecule has 1 aliphatic carbocycles. The van der Waals surface area contributed by atoms with Gasteiger partial charge in [0.25, 0.3) is 5.91 Å². The minimum Gasteiger partial charge on any atom is -0.494 e. The molecule has 0 spiro atoms. The van der Waals surface area contributed by atoms with Crippen molar-refractivity contribution in [1.29, 1.82) is 0 Å². The van der Waals surface area contributed by atoms with Crippen LogP contribution in [0.15, 0.2) is 24.3 Å². The van der Waals surface area contributed by atoms with Gasteiger partial charge in [-0.15, -0.1) is 0 Å². The van der Waals surface area contributed by atoms with E-state index in [9.17, 15) is 9.59 Å². The number of carbonyl (C=O) groups excluding carboxylic acids is 1. The van der Waals surface area contributed by atoms with Crippen LogP contribution in [0.5, 0.6) is 5.75 Å². The molecule has 0 radical (unpaired) electrons. The van der Waals surface area contributed by atoms with E-state index in [1.807, 2.05) is 6.92 Å². The third-order valence-corrected chi connectivity index (χ3v) is 3.36. The lowest BCUT2D eigenvalue weighted by molar-refractivity contribution is -0.141. The summed E-state index contributed by atoms with van der Waals surface area (Å²) in [4.78, 5) is 25.1. The Labute approximate surface area is 118 Å². The molecule has 1 atom stereocenters. The zero-order valence-corrected chi connectivity index (χ0v) is 11.7. The fourth-order valence-corrected chi connectivity index (χ4v) is 2.14. The molecule has 5 nitrogen and oxygen atoms in total. The first kappa shape index (κ1) is 14.4. The molecule has 0 aliphatic heterocycles. The van der Waals surface area contributed by atoms with Crippen molar-refractivity contribution < 1.29 is 19.4 Å². The summed E-state index contributed by atoms with van der Waals surface area (Å²) in [6.45, 7) is 4.01. The number of carbonyl (C=O) groups is 2. The summed E-state index contributed by atoms with van der Waals surface area (Å²) >= 11 is 0. The highest BCUT2D eigenvalue weighted by molar-refractivity contribution is 5.97. The molecule has 0 aromatic heterocycles. The van der Waals surface area contributed by atoms with Crippen LogP contribution in [0.2, 0.25) is 0 Å². The van der Waals surface area contributed by atoms with Crippen LogP contribution in [-0.2, 0) is 4.79 Å². The lowest BCUT2D eigenvalue weighted by Crippen LogP contribution is -2.44. The standard InChI is InChI=1S/C15H19NO4/c1-3-20-13-8-4-11(5-9-13)14(17)16(12-6-7-12)10(2)15(18)19/h4-5,8-10,12H,3,6-7H2,1-2H3,(H,18,19). The second-order valence-corrected chi connectivity index (χ2v) is 4.92. The lowest BCUT2D eigenvalue weighted by Gasteiger charge is -2.26. The highest BCUT2D eigenvalue weighted by atomic mass is 16.5. The van der Waals surface area contributed by atoms with Crippen LogP contribution in [0.3, 0.4) is 0 Å². The van der Waals surface area contributed by atoms with Crippen molar-refractivity contribution in [3.63, 3.8) is 0 Å². The number of carboxylic acid groups (broad SMARTS) is 1. The van der Waals surface area contributed by atoms with Gasteiger partial charge in [0, 0.05) is 11.6 Å². The summed E-state index contributed by atoms with van der Waals surface area (Å²) in [6.07, 6.45) is 1.75. The van der Waals surface area contributed by atoms with Gasteiger partial charge in [-0.25, -0.2) is 4.79 Å². The van der Waals surface area contributed by atoms with Gasteiger partial charge in [-0.3, -0.25) is 4.79 Å². The molecule has 1 fully saturated rings. The minimum atomic E-state index is -0.976. The van der Waals surface area contributed by atoms with E-state index < -0.39 is 12.0 Å². The Kier molecular flexibility index (Phi) is 4.27. The van der Waals surface area contributed by atoms with Crippen molar-refractivity contribution in [2.45, 2.75) is 38.8 Å². The van der Waals surface area contributed by atoms with Gasteiger partial charge >= 0.3 is 5.97 Å². The second kappa shape index (κ2) is 5.94. The predicted molar refractivity (Wildman–Crippen MR) is 73.9 cm³/mol. The van der Waals surface area contributed by atoms with E-state index in [0.717, 1.165) is 12.8 Å². The summed E-state index contributed by atoms with van der Waals surface area (Å²) in [7, 11) is 0. The molecular weight excluding hydrogens is 258 g/mol. The molecule has 2 rings (SSSR count). The molecule has 108 valence electrons. The van der Waals surface area contributed by atoms with E-state index in [2.05, 4.69) is 0 Å². The highest BCUT2D eigenvalue weighted by Crippen LogP contribution is 2.30. The van der Waals surface area contributed by atoms with Crippen LogP contribution in [-0.4, -0.2) is 40.6 Å². The van der Waals surface area contributed by atoms with Crippen molar-refractivity contribution >= 4 is 11.9 Å². The molecular formula is C15H19NO4. The molecule has 0 saturated heterocycles. The summed E-state index contributed by atoms with van der Waals surface area (Å²) in [5, 5.41) is 9.13. The van der Waals surface area contributed by atoms with Crippen molar-refractivity contribution in [1.82, 2.24) is 4.90 Å². The second-order valence-electron chi connectivity index (χ2n) is 4.92. The summed E-state index contributed by atoms with van der Waals surface area (Å²) in [5.41, 5.74) is 0.494. The molecule has 1 aromatic carbocycles. The van der Waals surface area contributed by atoms with E-state index in [-0.39, 0.29) is 11.9 Å². The predicted octanol–water partition coefficient (Wildman–Crippen LogP) is 2.16. The van der Waals surface area contributed by atoms with Gasteiger partial charge in [-0.05, 0) is 51.0 Å². The molecule has 0 heterocycles. The van der Waals surface area contributed by atoms with Crippen molar-refractivity contribution in [2.24, 2.45) is 0 Å². The topological polar surface area (TPSA) is 66.8 Å². The molecule has 1 aromatic rings. The van der Waals surface area contributed by atoms with Gasteiger partial charge in [0.15, 0.2) is 0 Å². The first-order chi connectivity index (χ1) is 9.54. The van der Waals surface area contributed by atoms with Crippen LogP contribution in [0.25, 0.3) is 0 Å². The van der Waals surface area contributed by atoms with Crippen LogP contribution >= 0.6 is 0 Å². The Morgan fingerprint density at radius 2 is 1.95 bits per heavy atom. The molecule has 20 heavy (non-hydrogen) atoms. The van der Waals surface area contributed by atoms with Gasteiger partial charge in [0.2, 0.25) is 0 Å². The van der Waals surface area contributed by atoms with Crippen LogP contribution in [0.1, 0.15) is 37.0 Å². The fourth-order valence-electron chi connectivity index (χ4n) is 2.14. The molecule has 1 unspecified atom stereocenters. The zero-order chi connectivity index (χ0) is 14.7. The number of amides is 1. The van der Waals surface area contributed by atoms with Crippen LogP contribution in [0.4, 0.5) is 0 Å². The number of carboxylic acids is 1.